The fourth-order valence-electron chi connectivity index (χ4n) is 3.48. The number of halogens is 3. The van der Waals surface area contributed by atoms with Crippen LogP contribution in [-0.2, 0) is 0 Å². The smallest absolute Gasteiger partial charge is 0.289 e. The van der Waals surface area contributed by atoms with Crippen molar-refractivity contribution in [3.05, 3.63) is 74.9 Å². The van der Waals surface area contributed by atoms with E-state index in [-0.39, 0.29) is 36.2 Å². The van der Waals surface area contributed by atoms with E-state index >= 15 is 0 Å². The summed E-state index contributed by atoms with van der Waals surface area (Å²) in [6, 6.07) is 3.55. The normalized spacial score (nSPS) is 17.0. The van der Waals surface area contributed by atoms with Crippen molar-refractivity contribution < 1.29 is 18.7 Å². The molecule has 0 spiro atoms. The summed E-state index contributed by atoms with van der Waals surface area (Å²) in [5.41, 5.74) is 13.7. The number of benzene rings is 1. The standard InChI is InChI=1S/C21H22BrF2N5O2/c22-13-10-28-20(21(31)27-7-8-30)29-19(13)12-4-1-3-11(18(12)26)9-16(25)17-14(23)5-2-6-15(17)24/h2,5-6,9-10,12,30H,1,3-4,7-8,25-26H2,(H,27,31)/b16-9-. The second kappa shape index (κ2) is 9.97. The average molecular weight is 494 g/mol. The minimum absolute atomic E-state index is 0.0462. The van der Waals surface area contributed by atoms with Crippen LogP contribution in [0.4, 0.5) is 8.78 Å². The number of aliphatic hydroxyl groups excluding tert-OH is 1. The van der Waals surface area contributed by atoms with Gasteiger partial charge in [-0.1, -0.05) is 6.07 Å². The molecule has 0 bridgehead atoms. The highest BCUT2D eigenvalue weighted by atomic mass is 79.9. The van der Waals surface area contributed by atoms with Gasteiger partial charge in [0, 0.05) is 30.1 Å². The molecule has 0 saturated heterocycles. The summed E-state index contributed by atoms with van der Waals surface area (Å²) in [4.78, 5) is 20.5. The number of aliphatic hydroxyl groups is 1. The lowest BCUT2D eigenvalue weighted by Gasteiger charge is -2.26. The lowest BCUT2D eigenvalue weighted by atomic mass is 9.84. The first-order valence-corrected chi connectivity index (χ1v) is 10.4. The zero-order valence-electron chi connectivity index (χ0n) is 16.5. The Balaban J connectivity index is 1.97. The van der Waals surface area contributed by atoms with Gasteiger partial charge in [0.05, 0.1) is 22.3 Å². The molecule has 2 aromatic rings. The summed E-state index contributed by atoms with van der Waals surface area (Å²) in [6.45, 7) is -0.118. The highest BCUT2D eigenvalue weighted by molar-refractivity contribution is 9.10. The maximum Gasteiger partial charge on any atom is 0.289 e. The molecule has 0 aliphatic heterocycles. The molecule has 10 heteroatoms. The fraction of sp³-hybridized carbons (Fsp3) is 0.286. The van der Waals surface area contributed by atoms with Crippen LogP contribution in [0.3, 0.4) is 0 Å². The third-order valence-electron chi connectivity index (χ3n) is 4.97. The molecule has 31 heavy (non-hydrogen) atoms. The van der Waals surface area contributed by atoms with Gasteiger partial charge in [-0.25, -0.2) is 18.7 Å². The number of amides is 1. The van der Waals surface area contributed by atoms with E-state index in [1.165, 1.54) is 18.3 Å². The Kier molecular flexibility index (Phi) is 7.34. The van der Waals surface area contributed by atoms with Crippen LogP contribution in [-0.4, -0.2) is 34.1 Å². The predicted octanol–water partition coefficient (Wildman–Crippen LogP) is 2.72. The second-order valence-electron chi connectivity index (χ2n) is 7.03. The monoisotopic (exact) mass is 493 g/mol. The molecular weight excluding hydrogens is 472 g/mol. The largest absolute Gasteiger partial charge is 0.401 e. The summed E-state index contributed by atoms with van der Waals surface area (Å²) < 4.78 is 28.7. The van der Waals surface area contributed by atoms with Crippen molar-refractivity contribution in [3.63, 3.8) is 0 Å². The minimum Gasteiger partial charge on any atom is -0.401 e. The number of hydrogen-bond donors (Lipinski definition) is 4. The Morgan fingerprint density at radius 2 is 2.06 bits per heavy atom. The molecule has 1 aliphatic carbocycles. The van der Waals surface area contributed by atoms with E-state index in [1.807, 2.05) is 0 Å². The van der Waals surface area contributed by atoms with Crippen molar-refractivity contribution >= 4 is 27.5 Å². The Morgan fingerprint density at radius 1 is 1.35 bits per heavy atom. The Bertz CT molecular complexity index is 1040. The first-order chi connectivity index (χ1) is 14.8. The number of allylic oxidation sites excluding steroid dienone is 3. The fourth-order valence-corrected chi connectivity index (χ4v) is 3.94. The molecule has 1 amide bonds. The molecule has 0 radical (unpaired) electrons. The van der Waals surface area contributed by atoms with Crippen LogP contribution < -0.4 is 16.8 Å². The first-order valence-electron chi connectivity index (χ1n) is 9.65. The van der Waals surface area contributed by atoms with Gasteiger partial charge in [-0.3, -0.25) is 4.79 Å². The lowest BCUT2D eigenvalue weighted by molar-refractivity contribution is 0.0934. The molecule has 1 atom stereocenters. The Morgan fingerprint density at radius 3 is 2.74 bits per heavy atom. The molecular formula is C21H22BrF2N5O2. The third-order valence-corrected chi connectivity index (χ3v) is 5.58. The van der Waals surface area contributed by atoms with Gasteiger partial charge >= 0.3 is 0 Å². The van der Waals surface area contributed by atoms with Crippen LogP contribution in [0.1, 0.15) is 47.1 Å². The third kappa shape index (κ3) is 5.08. The number of nitrogens with two attached hydrogens (primary N) is 2. The Hall–Kier alpha value is -2.85. The van der Waals surface area contributed by atoms with E-state index in [1.54, 1.807) is 0 Å². The van der Waals surface area contributed by atoms with Crippen LogP contribution in [0.2, 0.25) is 0 Å². The number of nitrogens with one attached hydrogen (secondary N) is 1. The van der Waals surface area contributed by atoms with Crippen molar-refractivity contribution in [1.82, 2.24) is 15.3 Å². The molecule has 3 rings (SSSR count). The van der Waals surface area contributed by atoms with Gasteiger partial charge in [0.2, 0.25) is 5.82 Å². The zero-order valence-corrected chi connectivity index (χ0v) is 18.1. The maximum atomic E-state index is 14.1. The summed E-state index contributed by atoms with van der Waals surface area (Å²) in [7, 11) is 0. The van der Waals surface area contributed by atoms with Gasteiger partial charge in [0.25, 0.3) is 5.91 Å². The molecule has 1 aliphatic rings. The summed E-state index contributed by atoms with van der Waals surface area (Å²) in [5.74, 6) is -2.40. The van der Waals surface area contributed by atoms with E-state index in [4.69, 9.17) is 16.6 Å². The molecule has 1 heterocycles. The van der Waals surface area contributed by atoms with Gasteiger partial charge in [-0.05, 0) is 59.0 Å². The average Bonchev–Trinajstić information content (AvgIpc) is 2.74. The summed E-state index contributed by atoms with van der Waals surface area (Å²) in [6.07, 6.45) is 4.96. The molecule has 1 aromatic heterocycles. The second-order valence-corrected chi connectivity index (χ2v) is 7.88. The van der Waals surface area contributed by atoms with Gasteiger partial charge in [-0.15, -0.1) is 0 Å². The van der Waals surface area contributed by atoms with Crippen LogP contribution >= 0.6 is 15.9 Å². The summed E-state index contributed by atoms with van der Waals surface area (Å²) in [5, 5.41) is 11.4. The maximum absolute atomic E-state index is 14.1. The van der Waals surface area contributed by atoms with Crippen molar-refractivity contribution in [2.75, 3.05) is 13.2 Å². The first kappa shape index (κ1) is 22.8. The van der Waals surface area contributed by atoms with E-state index in [0.29, 0.717) is 34.3 Å². The molecule has 7 nitrogen and oxygen atoms in total. The number of aromatic nitrogens is 2. The quantitative estimate of drug-likeness (QED) is 0.489. The highest BCUT2D eigenvalue weighted by Crippen LogP contribution is 2.38. The molecule has 0 saturated carbocycles. The summed E-state index contributed by atoms with van der Waals surface area (Å²) >= 11 is 3.41. The molecule has 6 N–H and O–H groups in total. The topological polar surface area (TPSA) is 127 Å². The van der Waals surface area contributed by atoms with Gasteiger partial charge in [0.1, 0.15) is 11.6 Å². The van der Waals surface area contributed by atoms with Crippen LogP contribution in [0.5, 0.6) is 0 Å². The van der Waals surface area contributed by atoms with Crippen LogP contribution in [0, 0.1) is 11.6 Å². The number of hydrogen-bond acceptors (Lipinski definition) is 6. The molecule has 1 unspecified atom stereocenters. The van der Waals surface area contributed by atoms with E-state index in [0.717, 1.165) is 18.6 Å². The minimum atomic E-state index is -0.752. The molecule has 0 fully saturated rings. The van der Waals surface area contributed by atoms with Gasteiger partial charge < -0.3 is 21.9 Å². The molecule has 164 valence electrons. The van der Waals surface area contributed by atoms with Crippen molar-refractivity contribution in [1.29, 1.82) is 0 Å². The Labute approximate surface area is 186 Å². The SMILES string of the molecule is NC1=C(/C=C(\N)c2c(F)cccc2F)CCCC1c1nc(C(=O)NCCO)ncc1Br. The van der Waals surface area contributed by atoms with E-state index in [2.05, 4.69) is 31.2 Å². The number of nitrogens with zero attached hydrogens (tertiary/aromatic N) is 2. The van der Waals surface area contributed by atoms with Crippen molar-refractivity contribution in [3.8, 4) is 0 Å². The van der Waals surface area contributed by atoms with Gasteiger partial charge in [-0.2, -0.15) is 0 Å². The van der Waals surface area contributed by atoms with E-state index in [9.17, 15) is 13.6 Å². The zero-order chi connectivity index (χ0) is 22.5. The molecule has 1 aromatic carbocycles. The van der Waals surface area contributed by atoms with E-state index < -0.39 is 17.5 Å². The lowest BCUT2D eigenvalue weighted by Crippen LogP contribution is -2.29. The highest BCUT2D eigenvalue weighted by Gasteiger charge is 2.27. The van der Waals surface area contributed by atoms with Crippen LogP contribution in [0.15, 0.2) is 46.2 Å². The van der Waals surface area contributed by atoms with Crippen LogP contribution in [0.25, 0.3) is 5.70 Å². The number of carbonyl (C=O) groups excluding carboxylic acids is 1. The predicted molar refractivity (Wildman–Crippen MR) is 115 cm³/mol. The van der Waals surface area contributed by atoms with Gasteiger partial charge in [0.15, 0.2) is 0 Å². The number of carbonyl (C=O) groups is 1. The van der Waals surface area contributed by atoms with Crippen molar-refractivity contribution in [2.45, 2.75) is 25.2 Å². The number of rotatable bonds is 6. The van der Waals surface area contributed by atoms with Crippen molar-refractivity contribution in [2.24, 2.45) is 11.5 Å².